The second-order valence-electron chi connectivity index (χ2n) is 5.01. The van der Waals surface area contributed by atoms with E-state index in [0.717, 1.165) is 0 Å². The van der Waals surface area contributed by atoms with Crippen LogP contribution in [0.25, 0.3) is 0 Å². The van der Waals surface area contributed by atoms with Crippen molar-refractivity contribution in [1.82, 2.24) is 0 Å². The van der Waals surface area contributed by atoms with Crippen LogP contribution >= 0.6 is 22.6 Å². The van der Waals surface area contributed by atoms with Crippen molar-refractivity contribution in [3.05, 3.63) is 12.7 Å². The van der Waals surface area contributed by atoms with E-state index in [1.165, 1.54) is 87.9 Å². The van der Waals surface area contributed by atoms with Crippen LogP contribution in [0.4, 0.5) is 0 Å². The highest BCUT2D eigenvalue weighted by Gasteiger charge is 1.93. The van der Waals surface area contributed by atoms with Gasteiger partial charge in [0.05, 0.1) is 0 Å². The predicted molar refractivity (Wildman–Crippen MR) is 89.1 cm³/mol. The third-order valence-electron chi connectivity index (χ3n) is 3.29. The van der Waals surface area contributed by atoms with Crippen molar-refractivity contribution in [2.24, 2.45) is 0 Å². The Morgan fingerprint density at radius 2 is 0.941 bits per heavy atom. The Balaban J connectivity index is 2.87. The van der Waals surface area contributed by atoms with Crippen molar-refractivity contribution in [2.45, 2.75) is 83.5 Å². The Morgan fingerprint density at radius 1 is 0.588 bits per heavy atom. The Kier molecular flexibility index (Phi) is 16.9. The van der Waals surface area contributed by atoms with Crippen LogP contribution in [0.3, 0.4) is 0 Å². The van der Waals surface area contributed by atoms with Gasteiger partial charge in [0.15, 0.2) is 0 Å². The molecular weight excluding hydrogens is 319 g/mol. The minimum atomic E-state index is 1.21. The van der Waals surface area contributed by atoms with Gasteiger partial charge in [0.25, 0.3) is 0 Å². The number of halogens is 1. The fourth-order valence-electron chi connectivity index (χ4n) is 2.15. The van der Waals surface area contributed by atoms with E-state index in [2.05, 4.69) is 29.2 Å². The fourth-order valence-corrected chi connectivity index (χ4v) is 2.69. The predicted octanol–water partition coefficient (Wildman–Crippen LogP) is 6.68. The van der Waals surface area contributed by atoms with Crippen molar-refractivity contribution in [3.8, 4) is 0 Å². The Hall–Kier alpha value is 0.470. The molecule has 0 radical (unpaired) electrons. The first-order valence-electron chi connectivity index (χ1n) is 7.58. The lowest BCUT2D eigenvalue weighted by molar-refractivity contribution is 0.545. The van der Waals surface area contributed by atoms with E-state index in [4.69, 9.17) is 0 Å². The summed E-state index contributed by atoms with van der Waals surface area (Å²) in [7, 11) is 0. The quantitative estimate of drug-likeness (QED) is 0.142. The normalized spacial score (nSPS) is 10.6. The molecule has 0 heterocycles. The summed E-state index contributed by atoms with van der Waals surface area (Å²) in [4.78, 5) is 0. The van der Waals surface area contributed by atoms with Crippen LogP contribution in [0, 0.1) is 0 Å². The van der Waals surface area contributed by atoms with Crippen LogP contribution in [0.5, 0.6) is 0 Å². The van der Waals surface area contributed by atoms with Crippen LogP contribution < -0.4 is 0 Å². The van der Waals surface area contributed by atoms with Crippen molar-refractivity contribution in [3.63, 3.8) is 0 Å². The highest BCUT2D eigenvalue weighted by Crippen LogP contribution is 2.12. The first kappa shape index (κ1) is 17.5. The lowest BCUT2D eigenvalue weighted by Gasteiger charge is -2.02. The molecule has 0 nitrogen and oxygen atoms in total. The zero-order valence-electron chi connectivity index (χ0n) is 11.6. The lowest BCUT2D eigenvalue weighted by Crippen LogP contribution is -1.83. The zero-order chi connectivity index (χ0) is 12.6. The van der Waals surface area contributed by atoms with E-state index in [1.54, 1.807) is 0 Å². The molecule has 17 heavy (non-hydrogen) atoms. The average molecular weight is 350 g/mol. The monoisotopic (exact) mass is 350 g/mol. The summed E-state index contributed by atoms with van der Waals surface area (Å²) in [6.45, 7) is 3.75. The van der Waals surface area contributed by atoms with Gasteiger partial charge in [-0.2, -0.15) is 0 Å². The maximum absolute atomic E-state index is 3.75. The summed E-state index contributed by atoms with van der Waals surface area (Å²) in [6, 6.07) is 0. The summed E-state index contributed by atoms with van der Waals surface area (Å²) in [6.07, 6.45) is 20.6. The second kappa shape index (κ2) is 16.5. The van der Waals surface area contributed by atoms with Crippen molar-refractivity contribution < 1.29 is 0 Å². The number of allylic oxidation sites excluding steroid dienone is 1. The molecule has 0 unspecified atom stereocenters. The fraction of sp³-hybridized carbons (Fsp3) is 0.875. The van der Waals surface area contributed by atoms with E-state index in [9.17, 15) is 0 Å². The molecule has 0 N–H and O–H groups in total. The molecule has 0 aliphatic carbocycles. The molecule has 0 aliphatic heterocycles. The largest absolute Gasteiger partial charge is 0.103 e. The first-order chi connectivity index (χ1) is 8.41. The van der Waals surface area contributed by atoms with E-state index in [1.807, 2.05) is 6.08 Å². The second-order valence-corrected chi connectivity index (χ2v) is 6.09. The average Bonchev–Trinajstić information content (AvgIpc) is 2.35. The highest BCUT2D eigenvalue weighted by atomic mass is 127. The van der Waals surface area contributed by atoms with Crippen molar-refractivity contribution >= 4 is 22.6 Å². The van der Waals surface area contributed by atoms with E-state index in [0.29, 0.717) is 0 Å². The third-order valence-corrected chi connectivity index (χ3v) is 4.05. The molecule has 0 bridgehead atoms. The number of hydrogen-bond acceptors (Lipinski definition) is 0. The Morgan fingerprint density at radius 3 is 1.29 bits per heavy atom. The maximum Gasteiger partial charge on any atom is -0.000473 e. The molecule has 0 aromatic carbocycles. The molecule has 0 saturated heterocycles. The van der Waals surface area contributed by atoms with Gasteiger partial charge in [-0.05, 0) is 23.7 Å². The van der Waals surface area contributed by atoms with E-state index >= 15 is 0 Å². The smallest absolute Gasteiger partial charge is 0.000473 e. The number of unbranched alkanes of at least 4 members (excludes halogenated alkanes) is 12. The van der Waals surface area contributed by atoms with Gasteiger partial charge in [-0.1, -0.05) is 92.9 Å². The molecule has 0 spiro atoms. The molecule has 0 aromatic heterocycles. The summed E-state index contributed by atoms with van der Waals surface area (Å²) in [5, 5.41) is 0. The first-order valence-corrected chi connectivity index (χ1v) is 9.11. The lowest BCUT2D eigenvalue weighted by atomic mass is 10.0. The number of hydrogen-bond donors (Lipinski definition) is 0. The molecule has 0 fully saturated rings. The molecule has 0 aromatic rings. The van der Waals surface area contributed by atoms with E-state index < -0.39 is 0 Å². The van der Waals surface area contributed by atoms with Crippen LogP contribution in [-0.2, 0) is 0 Å². The van der Waals surface area contributed by atoms with Gasteiger partial charge >= 0.3 is 0 Å². The molecule has 102 valence electrons. The molecule has 1 heteroatoms. The van der Waals surface area contributed by atoms with Gasteiger partial charge in [-0.15, -0.1) is 6.58 Å². The molecular formula is C16H31I. The Labute approximate surface area is 123 Å². The molecule has 0 aliphatic rings. The summed E-state index contributed by atoms with van der Waals surface area (Å²) < 4.78 is 1.34. The molecule has 0 saturated carbocycles. The maximum atomic E-state index is 3.75. The SMILES string of the molecule is C=CCCCCCCCCCCCCCCI. The molecule has 0 amide bonds. The van der Waals surface area contributed by atoms with Gasteiger partial charge in [-0.25, -0.2) is 0 Å². The van der Waals surface area contributed by atoms with Crippen LogP contribution in [0.15, 0.2) is 12.7 Å². The van der Waals surface area contributed by atoms with Gasteiger partial charge in [0.2, 0.25) is 0 Å². The zero-order valence-corrected chi connectivity index (χ0v) is 13.7. The minimum Gasteiger partial charge on any atom is -0.103 e. The molecule has 0 atom stereocenters. The van der Waals surface area contributed by atoms with Crippen LogP contribution in [0.2, 0.25) is 0 Å². The minimum absolute atomic E-state index is 1.21. The molecule has 0 rings (SSSR count). The Bertz CT molecular complexity index is 142. The summed E-state index contributed by atoms with van der Waals surface area (Å²) in [5.74, 6) is 0. The third kappa shape index (κ3) is 16.5. The topological polar surface area (TPSA) is 0 Å². The summed E-state index contributed by atoms with van der Waals surface area (Å²) in [5.41, 5.74) is 0. The van der Waals surface area contributed by atoms with Gasteiger partial charge in [-0.3, -0.25) is 0 Å². The van der Waals surface area contributed by atoms with Crippen LogP contribution in [0.1, 0.15) is 83.5 Å². The van der Waals surface area contributed by atoms with Crippen LogP contribution in [-0.4, -0.2) is 4.43 Å². The standard InChI is InChI=1S/C16H31I/c1-2-3-4-5-6-7-8-9-10-11-12-13-14-15-16-17/h2H,1,3-16H2. The number of alkyl halides is 1. The van der Waals surface area contributed by atoms with E-state index in [-0.39, 0.29) is 0 Å². The summed E-state index contributed by atoms with van der Waals surface area (Å²) >= 11 is 2.48. The van der Waals surface area contributed by atoms with Gasteiger partial charge in [0.1, 0.15) is 0 Å². The highest BCUT2D eigenvalue weighted by molar-refractivity contribution is 14.1. The van der Waals surface area contributed by atoms with Crippen molar-refractivity contribution in [1.29, 1.82) is 0 Å². The number of rotatable bonds is 14. The van der Waals surface area contributed by atoms with Gasteiger partial charge in [0, 0.05) is 0 Å². The van der Waals surface area contributed by atoms with Gasteiger partial charge < -0.3 is 0 Å². The van der Waals surface area contributed by atoms with Crippen molar-refractivity contribution in [2.75, 3.05) is 4.43 Å².